The second-order valence-electron chi connectivity index (χ2n) is 4.84. The van der Waals surface area contributed by atoms with Crippen molar-refractivity contribution in [3.63, 3.8) is 0 Å². The third-order valence-corrected chi connectivity index (χ3v) is 4.07. The quantitative estimate of drug-likeness (QED) is 0.811. The molecule has 1 aliphatic carbocycles. The van der Waals surface area contributed by atoms with E-state index in [9.17, 15) is 4.79 Å². The predicted octanol–water partition coefficient (Wildman–Crippen LogP) is 2.23. The lowest BCUT2D eigenvalue weighted by Crippen LogP contribution is -2.50. The number of carbonyl (C=O) groups is 1. The number of hydrogen-bond acceptors (Lipinski definition) is 3. The van der Waals surface area contributed by atoms with Crippen molar-refractivity contribution in [1.29, 1.82) is 0 Å². The molecule has 1 amide bonds. The number of hydrogen-bond donors (Lipinski definition) is 2. The molecule has 102 valence electrons. The Kier molecular flexibility index (Phi) is 4.17. The van der Waals surface area contributed by atoms with Gasteiger partial charge >= 0.3 is 0 Å². The maximum atomic E-state index is 12.4. The molecule has 0 heterocycles. The van der Waals surface area contributed by atoms with Crippen molar-refractivity contribution in [3.05, 3.63) is 29.8 Å². The summed E-state index contributed by atoms with van der Waals surface area (Å²) in [5.41, 5.74) is 6.77. The number of methoxy groups -OCH3 is 1. The number of thiocarbonyl (C=S) groups is 1. The molecule has 5 heteroatoms. The monoisotopic (exact) mass is 278 g/mol. The first kappa shape index (κ1) is 14.0. The van der Waals surface area contributed by atoms with Crippen LogP contribution in [0, 0.1) is 5.41 Å². The van der Waals surface area contributed by atoms with E-state index in [1.807, 2.05) is 24.3 Å². The summed E-state index contributed by atoms with van der Waals surface area (Å²) in [6.07, 6.45) is 2.46. The molecule has 1 fully saturated rings. The molecule has 2 rings (SSSR count). The Bertz CT molecular complexity index is 498. The third kappa shape index (κ3) is 2.62. The van der Waals surface area contributed by atoms with Gasteiger partial charge in [0.25, 0.3) is 0 Å². The standard InChI is InChI=1S/C14H18N2O2S/c1-18-9-10-5-2-3-6-11(10)16-13(17)14(12(15)19)7-4-8-14/h2-3,5-6H,4,7-9H2,1H3,(H2,15,19)(H,16,17). The van der Waals surface area contributed by atoms with E-state index < -0.39 is 5.41 Å². The van der Waals surface area contributed by atoms with E-state index in [-0.39, 0.29) is 5.91 Å². The highest BCUT2D eigenvalue weighted by molar-refractivity contribution is 7.80. The van der Waals surface area contributed by atoms with Gasteiger partial charge < -0.3 is 15.8 Å². The van der Waals surface area contributed by atoms with Crippen LogP contribution in [0.4, 0.5) is 5.69 Å². The fraction of sp³-hybridized carbons (Fsp3) is 0.429. The molecule has 0 atom stereocenters. The average Bonchev–Trinajstić information content (AvgIpc) is 2.30. The lowest BCUT2D eigenvalue weighted by Gasteiger charge is -2.39. The zero-order valence-corrected chi connectivity index (χ0v) is 11.8. The van der Waals surface area contributed by atoms with Crippen LogP contribution in [0.25, 0.3) is 0 Å². The number of ether oxygens (including phenoxy) is 1. The number of amides is 1. The number of nitrogens with one attached hydrogen (secondary N) is 1. The summed E-state index contributed by atoms with van der Waals surface area (Å²) in [6, 6.07) is 7.57. The zero-order valence-electron chi connectivity index (χ0n) is 10.9. The van der Waals surface area contributed by atoms with Crippen LogP contribution in [0.5, 0.6) is 0 Å². The molecule has 1 saturated carbocycles. The van der Waals surface area contributed by atoms with Crippen LogP contribution in [0.1, 0.15) is 24.8 Å². The molecule has 1 aromatic carbocycles. The molecule has 0 aromatic heterocycles. The average molecular weight is 278 g/mol. The highest BCUT2D eigenvalue weighted by Gasteiger charge is 2.47. The number of para-hydroxylation sites is 1. The van der Waals surface area contributed by atoms with Crippen LogP contribution >= 0.6 is 12.2 Å². The number of nitrogens with two attached hydrogens (primary N) is 1. The molecule has 1 aliphatic rings. The Morgan fingerprint density at radius 1 is 1.47 bits per heavy atom. The lowest BCUT2D eigenvalue weighted by molar-refractivity contribution is -0.125. The first-order valence-corrected chi connectivity index (χ1v) is 6.69. The first-order valence-electron chi connectivity index (χ1n) is 6.28. The van der Waals surface area contributed by atoms with Crippen LogP contribution < -0.4 is 11.1 Å². The highest BCUT2D eigenvalue weighted by Crippen LogP contribution is 2.42. The maximum absolute atomic E-state index is 12.4. The second kappa shape index (κ2) is 5.67. The van der Waals surface area contributed by atoms with Crippen molar-refractivity contribution in [2.24, 2.45) is 11.1 Å². The van der Waals surface area contributed by atoms with Gasteiger partial charge in [0.2, 0.25) is 5.91 Å². The summed E-state index contributed by atoms with van der Waals surface area (Å²) >= 11 is 5.05. The van der Waals surface area contributed by atoms with E-state index >= 15 is 0 Å². The van der Waals surface area contributed by atoms with Crippen LogP contribution in [0.3, 0.4) is 0 Å². The summed E-state index contributed by atoms with van der Waals surface area (Å²) in [6.45, 7) is 0.455. The topological polar surface area (TPSA) is 64.3 Å². The molecule has 0 radical (unpaired) electrons. The van der Waals surface area contributed by atoms with E-state index in [0.29, 0.717) is 11.6 Å². The van der Waals surface area contributed by atoms with Crippen LogP contribution in [-0.4, -0.2) is 18.0 Å². The Labute approximate surface area is 118 Å². The Morgan fingerprint density at radius 2 is 2.16 bits per heavy atom. The molecule has 0 aliphatic heterocycles. The first-order chi connectivity index (χ1) is 9.10. The number of benzene rings is 1. The van der Waals surface area contributed by atoms with E-state index in [0.717, 1.165) is 30.5 Å². The Hall–Kier alpha value is -1.46. The lowest BCUT2D eigenvalue weighted by atomic mass is 9.68. The van der Waals surface area contributed by atoms with Crippen molar-refractivity contribution < 1.29 is 9.53 Å². The fourth-order valence-electron chi connectivity index (χ4n) is 2.28. The summed E-state index contributed by atoms with van der Waals surface area (Å²) < 4.78 is 5.12. The van der Waals surface area contributed by atoms with E-state index in [4.69, 9.17) is 22.7 Å². The van der Waals surface area contributed by atoms with E-state index in [1.54, 1.807) is 7.11 Å². The molecule has 19 heavy (non-hydrogen) atoms. The maximum Gasteiger partial charge on any atom is 0.237 e. The van der Waals surface area contributed by atoms with Gasteiger partial charge in [0.1, 0.15) is 0 Å². The summed E-state index contributed by atoms with van der Waals surface area (Å²) in [4.78, 5) is 12.7. The van der Waals surface area contributed by atoms with E-state index in [2.05, 4.69) is 5.32 Å². The highest BCUT2D eigenvalue weighted by atomic mass is 32.1. The molecule has 1 aromatic rings. The summed E-state index contributed by atoms with van der Waals surface area (Å²) in [7, 11) is 1.63. The van der Waals surface area contributed by atoms with Gasteiger partial charge in [-0.25, -0.2) is 0 Å². The Balaban J connectivity index is 2.17. The Morgan fingerprint density at radius 3 is 2.68 bits per heavy atom. The van der Waals surface area contributed by atoms with Gasteiger partial charge in [-0.1, -0.05) is 36.8 Å². The normalized spacial score (nSPS) is 16.5. The minimum absolute atomic E-state index is 0.102. The number of carbonyl (C=O) groups excluding carboxylic acids is 1. The van der Waals surface area contributed by atoms with Crippen LogP contribution in [0.15, 0.2) is 24.3 Å². The fourth-order valence-corrected chi connectivity index (χ4v) is 2.58. The van der Waals surface area contributed by atoms with Gasteiger partial charge in [0.05, 0.1) is 17.0 Å². The number of rotatable bonds is 5. The van der Waals surface area contributed by atoms with Crippen molar-refractivity contribution in [2.75, 3.05) is 12.4 Å². The van der Waals surface area contributed by atoms with Gasteiger partial charge in [-0.15, -0.1) is 0 Å². The number of anilines is 1. The molecule has 0 bridgehead atoms. The smallest absolute Gasteiger partial charge is 0.237 e. The van der Waals surface area contributed by atoms with Gasteiger partial charge in [-0.05, 0) is 18.9 Å². The molecular formula is C14H18N2O2S. The molecular weight excluding hydrogens is 260 g/mol. The minimum Gasteiger partial charge on any atom is -0.392 e. The molecule has 4 nitrogen and oxygen atoms in total. The van der Waals surface area contributed by atoms with Gasteiger partial charge in [-0.3, -0.25) is 4.79 Å². The van der Waals surface area contributed by atoms with E-state index in [1.165, 1.54) is 0 Å². The van der Waals surface area contributed by atoms with Crippen LogP contribution in [0.2, 0.25) is 0 Å². The molecule has 0 saturated heterocycles. The summed E-state index contributed by atoms with van der Waals surface area (Å²) in [5, 5.41) is 2.93. The van der Waals surface area contributed by atoms with Gasteiger partial charge in [0, 0.05) is 18.4 Å². The minimum atomic E-state index is -0.657. The van der Waals surface area contributed by atoms with Crippen LogP contribution in [-0.2, 0) is 16.1 Å². The predicted molar refractivity (Wildman–Crippen MR) is 78.9 cm³/mol. The summed E-state index contributed by atoms with van der Waals surface area (Å²) in [5.74, 6) is -0.102. The largest absolute Gasteiger partial charge is 0.392 e. The molecule has 0 unspecified atom stereocenters. The SMILES string of the molecule is COCc1ccccc1NC(=O)C1(C(N)=S)CCC1. The van der Waals surface area contributed by atoms with Crippen molar-refractivity contribution in [1.82, 2.24) is 0 Å². The van der Waals surface area contributed by atoms with Gasteiger partial charge in [-0.2, -0.15) is 0 Å². The van der Waals surface area contributed by atoms with Crippen molar-refractivity contribution >= 4 is 28.8 Å². The van der Waals surface area contributed by atoms with Gasteiger partial charge in [0.15, 0.2) is 0 Å². The zero-order chi connectivity index (χ0) is 13.9. The molecule has 0 spiro atoms. The van der Waals surface area contributed by atoms with Crippen molar-refractivity contribution in [2.45, 2.75) is 25.9 Å². The third-order valence-electron chi connectivity index (χ3n) is 3.68. The second-order valence-corrected chi connectivity index (χ2v) is 5.28. The molecule has 3 N–H and O–H groups in total. The van der Waals surface area contributed by atoms with Crippen molar-refractivity contribution in [3.8, 4) is 0 Å².